The standard InChI is InChI=1S/C12H20N4O4S/c13-16-12(17)11-6-10(7-14-11)21(18,19)15-4-1-5-20-8-9-2-3-9/h6-7,9,14-15H,1-5,8,13H2,(H,16,17). The summed E-state index contributed by atoms with van der Waals surface area (Å²) in [4.78, 5) is 13.8. The maximum Gasteiger partial charge on any atom is 0.281 e. The van der Waals surface area contributed by atoms with Gasteiger partial charge in [0.15, 0.2) is 0 Å². The first-order valence-electron chi connectivity index (χ1n) is 6.79. The molecule has 0 aliphatic heterocycles. The van der Waals surface area contributed by atoms with Crippen LogP contribution < -0.4 is 16.0 Å². The van der Waals surface area contributed by atoms with E-state index in [9.17, 15) is 13.2 Å². The summed E-state index contributed by atoms with van der Waals surface area (Å²) in [5.41, 5.74) is 2.01. The van der Waals surface area contributed by atoms with E-state index in [0.717, 1.165) is 6.61 Å². The van der Waals surface area contributed by atoms with Crippen LogP contribution in [0.3, 0.4) is 0 Å². The number of ether oxygens (including phenoxy) is 1. The summed E-state index contributed by atoms with van der Waals surface area (Å²) in [6.07, 6.45) is 4.32. The van der Waals surface area contributed by atoms with Gasteiger partial charge in [0.1, 0.15) is 10.6 Å². The smallest absolute Gasteiger partial charge is 0.281 e. The fourth-order valence-corrected chi connectivity index (χ4v) is 2.80. The van der Waals surface area contributed by atoms with Gasteiger partial charge in [-0.3, -0.25) is 10.2 Å². The highest BCUT2D eigenvalue weighted by Gasteiger charge is 2.21. The molecule has 1 saturated carbocycles. The number of sulfonamides is 1. The summed E-state index contributed by atoms with van der Waals surface area (Å²) >= 11 is 0. The van der Waals surface area contributed by atoms with E-state index in [1.54, 1.807) is 0 Å². The lowest BCUT2D eigenvalue weighted by atomic mass is 10.4. The molecule has 1 amide bonds. The van der Waals surface area contributed by atoms with Gasteiger partial charge < -0.3 is 9.72 Å². The van der Waals surface area contributed by atoms with Crippen molar-refractivity contribution in [2.45, 2.75) is 24.2 Å². The minimum Gasteiger partial charge on any atom is -0.381 e. The molecular formula is C12H20N4O4S. The highest BCUT2D eigenvalue weighted by Crippen LogP contribution is 2.28. The zero-order chi connectivity index (χ0) is 15.3. The lowest BCUT2D eigenvalue weighted by Crippen LogP contribution is -2.30. The van der Waals surface area contributed by atoms with Crippen molar-refractivity contribution in [3.63, 3.8) is 0 Å². The molecule has 0 aromatic carbocycles. The van der Waals surface area contributed by atoms with Gasteiger partial charge in [-0.1, -0.05) is 0 Å². The summed E-state index contributed by atoms with van der Waals surface area (Å²) in [6, 6.07) is 1.23. The molecule has 2 rings (SSSR count). The third-order valence-electron chi connectivity index (χ3n) is 3.15. The number of nitrogen functional groups attached to an aromatic ring is 1. The Hall–Kier alpha value is -1.42. The maximum atomic E-state index is 12.0. The number of amides is 1. The molecule has 1 aromatic rings. The molecule has 118 valence electrons. The Balaban J connectivity index is 1.75. The normalized spacial score (nSPS) is 15.1. The second kappa shape index (κ2) is 7.03. The molecule has 9 heteroatoms. The van der Waals surface area contributed by atoms with Gasteiger partial charge in [0, 0.05) is 26.0 Å². The van der Waals surface area contributed by atoms with Gasteiger partial charge in [-0.25, -0.2) is 19.0 Å². The van der Waals surface area contributed by atoms with Crippen LogP contribution in [-0.2, 0) is 14.8 Å². The third kappa shape index (κ3) is 4.81. The Kier molecular flexibility index (Phi) is 5.34. The zero-order valence-electron chi connectivity index (χ0n) is 11.6. The number of rotatable bonds is 9. The van der Waals surface area contributed by atoms with E-state index < -0.39 is 15.9 Å². The van der Waals surface area contributed by atoms with Crippen LogP contribution in [0, 0.1) is 5.92 Å². The van der Waals surface area contributed by atoms with Gasteiger partial charge >= 0.3 is 0 Å². The zero-order valence-corrected chi connectivity index (χ0v) is 12.4. The number of aromatic amines is 1. The molecule has 0 bridgehead atoms. The van der Waals surface area contributed by atoms with E-state index in [0.29, 0.717) is 18.9 Å². The minimum absolute atomic E-state index is 0.00000113. The summed E-state index contributed by atoms with van der Waals surface area (Å²) in [6.45, 7) is 1.59. The minimum atomic E-state index is -3.63. The molecule has 8 nitrogen and oxygen atoms in total. The molecule has 0 unspecified atom stereocenters. The number of carbonyl (C=O) groups excluding carboxylic acids is 1. The molecule has 0 atom stereocenters. The van der Waals surface area contributed by atoms with E-state index >= 15 is 0 Å². The van der Waals surface area contributed by atoms with Gasteiger partial charge in [0.2, 0.25) is 10.0 Å². The summed E-state index contributed by atoms with van der Waals surface area (Å²) in [7, 11) is -3.63. The van der Waals surface area contributed by atoms with Gasteiger partial charge in [0.25, 0.3) is 5.91 Å². The second-order valence-electron chi connectivity index (χ2n) is 4.99. The van der Waals surface area contributed by atoms with Crippen molar-refractivity contribution in [3.8, 4) is 0 Å². The number of H-pyrrole nitrogens is 1. The Morgan fingerprint density at radius 1 is 1.48 bits per heavy atom. The van der Waals surface area contributed by atoms with Crippen LogP contribution >= 0.6 is 0 Å². The molecule has 1 aliphatic carbocycles. The summed E-state index contributed by atoms with van der Waals surface area (Å²) in [5, 5.41) is 0. The molecule has 0 spiro atoms. The van der Waals surface area contributed by atoms with Crippen LogP contribution in [0.2, 0.25) is 0 Å². The fourth-order valence-electron chi connectivity index (χ4n) is 1.74. The number of hydrazine groups is 1. The lowest BCUT2D eigenvalue weighted by molar-refractivity contribution is 0.0949. The van der Waals surface area contributed by atoms with Crippen LogP contribution in [-0.4, -0.2) is 39.1 Å². The van der Waals surface area contributed by atoms with Gasteiger partial charge in [-0.15, -0.1) is 0 Å². The molecule has 1 heterocycles. The van der Waals surface area contributed by atoms with Crippen molar-refractivity contribution < 1.29 is 17.9 Å². The van der Waals surface area contributed by atoms with Crippen LogP contribution in [0.25, 0.3) is 0 Å². The SMILES string of the molecule is NNC(=O)c1cc(S(=O)(=O)NCCCOCC2CC2)c[nH]1. The molecule has 1 fully saturated rings. The number of carbonyl (C=O) groups is 1. The highest BCUT2D eigenvalue weighted by atomic mass is 32.2. The molecule has 5 N–H and O–H groups in total. The number of aromatic nitrogens is 1. The second-order valence-corrected chi connectivity index (χ2v) is 6.76. The maximum absolute atomic E-state index is 12.0. The van der Waals surface area contributed by atoms with Gasteiger partial charge in [-0.2, -0.15) is 0 Å². The number of nitrogens with one attached hydrogen (secondary N) is 3. The van der Waals surface area contributed by atoms with Crippen LogP contribution in [0.4, 0.5) is 0 Å². The van der Waals surface area contributed by atoms with Gasteiger partial charge in [0.05, 0.1) is 0 Å². The van der Waals surface area contributed by atoms with Crippen LogP contribution in [0.1, 0.15) is 29.8 Å². The Morgan fingerprint density at radius 2 is 2.24 bits per heavy atom. The first-order chi connectivity index (χ1) is 10.0. The van der Waals surface area contributed by atoms with E-state index in [-0.39, 0.29) is 17.1 Å². The van der Waals surface area contributed by atoms with Crippen molar-refractivity contribution in [1.82, 2.24) is 15.1 Å². The molecule has 21 heavy (non-hydrogen) atoms. The van der Waals surface area contributed by atoms with E-state index in [1.165, 1.54) is 25.1 Å². The van der Waals surface area contributed by atoms with Crippen LogP contribution in [0.5, 0.6) is 0 Å². The summed E-state index contributed by atoms with van der Waals surface area (Å²) < 4.78 is 31.8. The number of hydrogen-bond acceptors (Lipinski definition) is 5. The van der Waals surface area contributed by atoms with Crippen molar-refractivity contribution in [3.05, 3.63) is 18.0 Å². The Bertz CT molecular complexity index is 580. The predicted molar refractivity (Wildman–Crippen MR) is 75.8 cm³/mol. The monoisotopic (exact) mass is 316 g/mol. The first-order valence-corrected chi connectivity index (χ1v) is 8.28. The van der Waals surface area contributed by atoms with Crippen molar-refractivity contribution in [1.29, 1.82) is 0 Å². The average Bonchev–Trinajstić information content (AvgIpc) is 3.14. The van der Waals surface area contributed by atoms with Crippen molar-refractivity contribution >= 4 is 15.9 Å². The van der Waals surface area contributed by atoms with Gasteiger partial charge in [-0.05, 0) is 31.2 Å². The fraction of sp³-hybridized carbons (Fsp3) is 0.583. The molecule has 0 saturated heterocycles. The number of hydrogen-bond donors (Lipinski definition) is 4. The predicted octanol–water partition coefficient (Wildman–Crippen LogP) is -0.287. The largest absolute Gasteiger partial charge is 0.381 e. The van der Waals surface area contributed by atoms with Crippen LogP contribution in [0.15, 0.2) is 17.2 Å². The first kappa shape index (κ1) is 16.0. The Labute approximate surface area is 123 Å². The highest BCUT2D eigenvalue weighted by molar-refractivity contribution is 7.89. The van der Waals surface area contributed by atoms with E-state index in [1.807, 2.05) is 5.43 Å². The average molecular weight is 316 g/mol. The third-order valence-corrected chi connectivity index (χ3v) is 4.59. The Morgan fingerprint density at radius 3 is 2.90 bits per heavy atom. The van der Waals surface area contributed by atoms with E-state index in [2.05, 4.69) is 9.71 Å². The topological polar surface area (TPSA) is 126 Å². The number of nitrogens with two attached hydrogens (primary N) is 1. The molecule has 0 radical (unpaired) electrons. The molecular weight excluding hydrogens is 296 g/mol. The quantitative estimate of drug-likeness (QED) is 0.216. The van der Waals surface area contributed by atoms with Crippen molar-refractivity contribution in [2.75, 3.05) is 19.8 Å². The van der Waals surface area contributed by atoms with Crippen molar-refractivity contribution in [2.24, 2.45) is 11.8 Å². The summed E-state index contributed by atoms with van der Waals surface area (Å²) in [5.74, 6) is 5.10. The molecule has 1 aliphatic rings. The van der Waals surface area contributed by atoms with E-state index in [4.69, 9.17) is 10.6 Å². The molecule has 1 aromatic heterocycles. The lowest BCUT2D eigenvalue weighted by Gasteiger charge is -2.05.